The molecule has 0 saturated carbocycles. The van der Waals surface area contributed by atoms with Crippen molar-refractivity contribution in [3.63, 3.8) is 0 Å². The normalized spacial score (nSPS) is 13.0. The van der Waals surface area contributed by atoms with Crippen LogP contribution >= 0.6 is 0 Å². The minimum absolute atomic E-state index is 0.563. The Balaban J connectivity index is 2.15. The van der Waals surface area contributed by atoms with E-state index in [1.54, 1.807) is 0 Å². The number of hydrogen-bond acceptors (Lipinski definition) is 2. The molecular weight excluding hydrogens is 244 g/mol. The van der Waals surface area contributed by atoms with Crippen molar-refractivity contribution in [3.05, 3.63) is 42.1 Å². The highest BCUT2D eigenvalue weighted by Gasteiger charge is 2.11. The molecule has 1 aromatic carbocycles. The highest BCUT2D eigenvalue weighted by atomic mass is 14.9. The molecule has 0 saturated heterocycles. The number of hydrogen-bond donors (Lipinski definition) is 1. The Morgan fingerprint density at radius 2 is 1.90 bits per heavy atom. The molecule has 0 bridgehead atoms. The van der Waals surface area contributed by atoms with Crippen LogP contribution in [0.1, 0.15) is 39.2 Å². The van der Waals surface area contributed by atoms with Crippen LogP contribution in [0.2, 0.25) is 0 Å². The Bertz CT molecular complexity index is 528. The zero-order chi connectivity index (χ0) is 14.4. The van der Waals surface area contributed by atoms with E-state index in [1.165, 1.54) is 23.8 Å². The maximum absolute atomic E-state index is 4.45. The van der Waals surface area contributed by atoms with Gasteiger partial charge in [0.25, 0.3) is 0 Å². The molecular formula is C18H26N2. The number of nitrogens with one attached hydrogen (secondary N) is 1. The zero-order valence-electron chi connectivity index (χ0n) is 12.9. The average Bonchev–Trinajstić information content (AvgIpc) is 2.45. The predicted octanol–water partition coefficient (Wildman–Crippen LogP) is 4.19. The van der Waals surface area contributed by atoms with Gasteiger partial charge in [0.15, 0.2) is 0 Å². The van der Waals surface area contributed by atoms with Gasteiger partial charge in [0, 0.05) is 17.6 Å². The van der Waals surface area contributed by atoms with E-state index in [9.17, 15) is 0 Å². The smallest absolute Gasteiger partial charge is 0.0704 e. The predicted molar refractivity (Wildman–Crippen MR) is 87.0 cm³/mol. The Kier molecular flexibility index (Phi) is 5.54. The van der Waals surface area contributed by atoms with Crippen molar-refractivity contribution < 1.29 is 0 Å². The summed E-state index contributed by atoms with van der Waals surface area (Å²) in [6, 6.07) is 11.2. The van der Waals surface area contributed by atoms with E-state index in [0.717, 1.165) is 24.4 Å². The lowest BCUT2D eigenvalue weighted by molar-refractivity contribution is 0.435. The summed E-state index contributed by atoms with van der Waals surface area (Å²) < 4.78 is 0. The third kappa shape index (κ3) is 4.04. The Hall–Kier alpha value is -1.41. The molecule has 0 fully saturated rings. The van der Waals surface area contributed by atoms with Crippen molar-refractivity contribution in [1.29, 1.82) is 0 Å². The summed E-state index contributed by atoms with van der Waals surface area (Å²) in [7, 11) is 0. The van der Waals surface area contributed by atoms with Crippen molar-refractivity contribution in [3.8, 4) is 0 Å². The molecule has 0 spiro atoms. The summed E-state index contributed by atoms with van der Waals surface area (Å²) in [5.74, 6) is 0.769. The van der Waals surface area contributed by atoms with E-state index in [2.05, 4.69) is 61.4 Å². The molecule has 0 aliphatic heterocycles. The molecule has 1 N–H and O–H groups in total. The van der Waals surface area contributed by atoms with Crippen LogP contribution in [0.4, 0.5) is 0 Å². The van der Waals surface area contributed by atoms with Gasteiger partial charge in [-0.2, -0.15) is 0 Å². The van der Waals surface area contributed by atoms with Crippen molar-refractivity contribution >= 4 is 10.9 Å². The van der Waals surface area contributed by atoms with Crippen LogP contribution in [0.15, 0.2) is 36.5 Å². The lowest BCUT2D eigenvalue weighted by Crippen LogP contribution is -2.31. The van der Waals surface area contributed by atoms with Gasteiger partial charge in [0.1, 0.15) is 0 Å². The maximum atomic E-state index is 4.45. The number of fused-ring (bicyclic) bond motifs is 1. The molecule has 0 radical (unpaired) electrons. The summed E-state index contributed by atoms with van der Waals surface area (Å²) in [6.07, 6.45) is 5.54. The van der Waals surface area contributed by atoms with Gasteiger partial charge in [-0.3, -0.25) is 4.98 Å². The van der Waals surface area contributed by atoms with Crippen LogP contribution in [-0.2, 0) is 6.42 Å². The highest BCUT2D eigenvalue weighted by molar-refractivity contribution is 5.81. The van der Waals surface area contributed by atoms with Crippen molar-refractivity contribution in [1.82, 2.24) is 10.3 Å². The molecule has 108 valence electrons. The van der Waals surface area contributed by atoms with Gasteiger partial charge in [0.05, 0.1) is 5.52 Å². The largest absolute Gasteiger partial charge is 0.314 e. The van der Waals surface area contributed by atoms with Gasteiger partial charge in [-0.25, -0.2) is 0 Å². The number of pyridine rings is 1. The summed E-state index contributed by atoms with van der Waals surface area (Å²) in [6.45, 7) is 7.81. The quantitative estimate of drug-likeness (QED) is 0.816. The van der Waals surface area contributed by atoms with Crippen molar-refractivity contribution in [2.75, 3.05) is 6.54 Å². The molecule has 2 heteroatoms. The first kappa shape index (κ1) is 15.0. The van der Waals surface area contributed by atoms with Gasteiger partial charge < -0.3 is 5.32 Å². The monoisotopic (exact) mass is 270 g/mol. The Morgan fingerprint density at radius 1 is 1.10 bits per heavy atom. The Labute approximate surface area is 122 Å². The standard InChI is InChI=1S/C18H26N2/c1-4-19-16(10-9-14(2)3)13-15-11-12-20-18-8-6-5-7-17(15)18/h5-8,11-12,14,16,19H,4,9-10,13H2,1-3H3. The van der Waals surface area contributed by atoms with Crippen molar-refractivity contribution in [2.24, 2.45) is 5.92 Å². The molecule has 1 atom stereocenters. The van der Waals surface area contributed by atoms with Gasteiger partial charge in [-0.15, -0.1) is 0 Å². The van der Waals surface area contributed by atoms with E-state index in [0.29, 0.717) is 6.04 Å². The van der Waals surface area contributed by atoms with E-state index < -0.39 is 0 Å². The number of nitrogens with zero attached hydrogens (tertiary/aromatic N) is 1. The molecule has 1 aromatic heterocycles. The molecule has 2 rings (SSSR count). The molecule has 0 aliphatic rings. The van der Waals surface area contributed by atoms with Gasteiger partial charge in [-0.05, 0) is 49.4 Å². The van der Waals surface area contributed by atoms with Gasteiger partial charge >= 0.3 is 0 Å². The van der Waals surface area contributed by atoms with Crippen LogP contribution in [0.5, 0.6) is 0 Å². The third-order valence-electron chi connectivity index (χ3n) is 3.79. The number of likely N-dealkylation sites (N-methyl/N-ethyl adjacent to an activating group) is 1. The van der Waals surface area contributed by atoms with Gasteiger partial charge in [-0.1, -0.05) is 39.0 Å². The Morgan fingerprint density at radius 3 is 2.65 bits per heavy atom. The molecule has 2 aromatic rings. The van der Waals surface area contributed by atoms with Crippen LogP contribution in [0.25, 0.3) is 10.9 Å². The first-order valence-electron chi connectivity index (χ1n) is 7.76. The second-order valence-electron chi connectivity index (χ2n) is 5.92. The topological polar surface area (TPSA) is 24.9 Å². The number of rotatable bonds is 7. The summed E-state index contributed by atoms with van der Waals surface area (Å²) in [5.41, 5.74) is 2.51. The molecule has 0 aliphatic carbocycles. The van der Waals surface area contributed by atoms with Crippen LogP contribution in [0.3, 0.4) is 0 Å². The molecule has 1 unspecified atom stereocenters. The molecule has 0 amide bonds. The average molecular weight is 270 g/mol. The van der Waals surface area contributed by atoms with Crippen LogP contribution < -0.4 is 5.32 Å². The fourth-order valence-corrected chi connectivity index (χ4v) is 2.70. The first-order chi connectivity index (χ1) is 9.70. The minimum Gasteiger partial charge on any atom is -0.314 e. The minimum atomic E-state index is 0.563. The second kappa shape index (κ2) is 7.39. The van der Waals surface area contributed by atoms with Gasteiger partial charge in [0.2, 0.25) is 0 Å². The fourth-order valence-electron chi connectivity index (χ4n) is 2.70. The number of benzene rings is 1. The number of para-hydroxylation sites is 1. The second-order valence-corrected chi connectivity index (χ2v) is 5.92. The van der Waals surface area contributed by atoms with E-state index >= 15 is 0 Å². The van der Waals surface area contributed by atoms with E-state index in [-0.39, 0.29) is 0 Å². The lowest BCUT2D eigenvalue weighted by Gasteiger charge is -2.19. The van der Waals surface area contributed by atoms with Crippen LogP contribution in [0, 0.1) is 5.92 Å². The SMILES string of the molecule is CCNC(CCC(C)C)Cc1ccnc2ccccc12. The fraction of sp³-hybridized carbons (Fsp3) is 0.500. The van der Waals surface area contributed by atoms with Crippen LogP contribution in [-0.4, -0.2) is 17.6 Å². The summed E-state index contributed by atoms with van der Waals surface area (Å²) >= 11 is 0. The highest BCUT2D eigenvalue weighted by Crippen LogP contribution is 2.19. The zero-order valence-corrected chi connectivity index (χ0v) is 12.9. The number of aromatic nitrogens is 1. The molecule has 20 heavy (non-hydrogen) atoms. The lowest BCUT2D eigenvalue weighted by atomic mass is 9.96. The third-order valence-corrected chi connectivity index (χ3v) is 3.79. The first-order valence-corrected chi connectivity index (χ1v) is 7.76. The summed E-state index contributed by atoms with van der Waals surface area (Å²) in [4.78, 5) is 4.45. The van der Waals surface area contributed by atoms with E-state index in [4.69, 9.17) is 0 Å². The summed E-state index contributed by atoms with van der Waals surface area (Å²) in [5, 5.41) is 4.92. The molecule has 2 nitrogen and oxygen atoms in total. The van der Waals surface area contributed by atoms with E-state index in [1.807, 2.05) is 6.20 Å². The molecule has 1 heterocycles. The van der Waals surface area contributed by atoms with Crippen molar-refractivity contribution in [2.45, 2.75) is 46.1 Å². The maximum Gasteiger partial charge on any atom is 0.0704 e.